The third kappa shape index (κ3) is 4.20. The first kappa shape index (κ1) is 12.3. The van der Waals surface area contributed by atoms with Crippen molar-refractivity contribution in [2.75, 3.05) is 0 Å². The Balaban J connectivity index is 0.00000144. The smallest absolute Gasteiger partial charge is 0.0762 e. The molecule has 0 radical (unpaired) electrons. The van der Waals surface area contributed by atoms with E-state index in [9.17, 15) is 0 Å². The Hall–Kier alpha value is -0.670. The van der Waals surface area contributed by atoms with E-state index in [1.807, 2.05) is 25.1 Å². The van der Waals surface area contributed by atoms with Gasteiger partial charge in [0.15, 0.2) is 0 Å². The highest BCUT2D eigenvalue weighted by Gasteiger charge is 1.99. The molecule has 0 N–H and O–H groups in total. The van der Waals surface area contributed by atoms with Crippen LogP contribution in [0.3, 0.4) is 0 Å². The van der Waals surface area contributed by atoms with Gasteiger partial charge in [-0.3, -0.25) is 4.98 Å². The molecule has 0 amide bonds. The number of hydrogen-bond donors (Lipinski definition) is 0. The molecule has 0 aromatic carbocycles. The van der Waals surface area contributed by atoms with Crippen LogP contribution in [0.2, 0.25) is 0 Å². The topological polar surface area (TPSA) is 12.9 Å². The number of thioether (sulfide) groups is 1. The second kappa shape index (κ2) is 5.89. The molecule has 1 heterocycles. The summed E-state index contributed by atoms with van der Waals surface area (Å²) in [6.45, 7) is 9.66. The van der Waals surface area contributed by atoms with E-state index in [1.165, 1.54) is 0 Å². The highest BCUT2D eigenvalue weighted by molar-refractivity contribution is 8.11. The van der Waals surface area contributed by atoms with Crippen molar-refractivity contribution in [3.63, 3.8) is 0 Å². The quantitative estimate of drug-likeness (QED) is 0.759. The van der Waals surface area contributed by atoms with E-state index in [4.69, 9.17) is 0 Å². The number of nitrogens with zero attached hydrogens (tertiary/aromatic N) is 1. The maximum absolute atomic E-state index is 4.17. The van der Waals surface area contributed by atoms with Crippen LogP contribution in [0.5, 0.6) is 0 Å². The average Bonchev–Trinajstić information content (AvgIpc) is 2.05. The molecule has 0 atom stereocenters. The highest BCUT2D eigenvalue weighted by atomic mass is 32.2. The van der Waals surface area contributed by atoms with Gasteiger partial charge in [-0.25, -0.2) is 0 Å². The summed E-state index contributed by atoms with van der Waals surface area (Å²) in [6.07, 6.45) is 1.76. The van der Waals surface area contributed by atoms with E-state index in [0.717, 1.165) is 15.5 Å². The number of rotatable bonds is 3. The van der Waals surface area contributed by atoms with E-state index < -0.39 is 0 Å². The lowest BCUT2D eigenvalue weighted by atomic mass is 10.3. The standard InChI is InChI=1S/C10H11NS.H2S/c1-8(2)12-9(3)10-6-4-5-7-11-10;/h4-7H,1,3H2,2H3;1H2. The third-order valence-electron chi connectivity index (χ3n) is 1.25. The molecular weight excluding hydrogens is 198 g/mol. The summed E-state index contributed by atoms with van der Waals surface area (Å²) >= 11 is 1.56. The number of aromatic nitrogens is 1. The Bertz CT molecular complexity index is 293. The molecule has 3 heteroatoms. The van der Waals surface area contributed by atoms with Crippen molar-refractivity contribution >= 4 is 30.2 Å². The molecule has 0 saturated heterocycles. The molecule has 13 heavy (non-hydrogen) atoms. The van der Waals surface area contributed by atoms with Crippen LogP contribution in [-0.2, 0) is 0 Å². The van der Waals surface area contributed by atoms with Gasteiger partial charge in [-0.2, -0.15) is 13.5 Å². The van der Waals surface area contributed by atoms with E-state index in [0.29, 0.717) is 0 Å². The lowest BCUT2D eigenvalue weighted by molar-refractivity contribution is 1.29. The normalized spacial score (nSPS) is 8.69. The molecule has 1 rings (SSSR count). The van der Waals surface area contributed by atoms with Crippen molar-refractivity contribution in [1.29, 1.82) is 0 Å². The molecule has 1 nitrogen and oxygen atoms in total. The van der Waals surface area contributed by atoms with Crippen LogP contribution < -0.4 is 0 Å². The minimum atomic E-state index is 0. The summed E-state index contributed by atoms with van der Waals surface area (Å²) in [5.74, 6) is 0. The number of hydrogen-bond acceptors (Lipinski definition) is 2. The maximum Gasteiger partial charge on any atom is 0.0762 e. The second-order valence-electron chi connectivity index (χ2n) is 2.44. The van der Waals surface area contributed by atoms with E-state index in [-0.39, 0.29) is 13.5 Å². The maximum atomic E-state index is 4.17. The molecule has 0 unspecified atom stereocenters. The molecule has 0 aliphatic carbocycles. The first-order valence-corrected chi connectivity index (χ1v) is 4.45. The van der Waals surface area contributed by atoms with Crippen LogP contribution >= 0.6 is 25.3 Å². The Labute approximate surface area is 90.4 Å². The van der Waals surface area contributed by atoms with Gasteiger partial charge in [0, 0.05) is 11.1 Å². The van der Waals surface area contributed by atoms with E-state index >= 15 is 0 Å². The summed E-state index contributed by atoms with van der Waals surface area (Å²) in [5, 5.41) is 0. The summed E-state index contributed by atoms with van der Waals surface area (Å²) < 4.78 is 0. The van der Waals surface area contributed by atoms with Gasteiger partial charge >= 0.3 is 0 Å². The van der Waals surface area contributed by atoms with Gasteiger partial charge < -0.3 is 0 Å². The SMILES string of the molecule is C=C(C)SC(=C)c1ccccn1.S. The molecule has 0 aliphatic heterocycles. The third-order valence-corrected chi connectivity index (χ3v) is 2.05. The zero-order valence-electron chi connectivity index (χ0n) is 7.58. The van der Waals surface area contributed by atoms with Gasteiger partial charge in [-0.15, -0.1) is 0 Å². The lowest BCUT2D eigenvalue weighted by Gasteiger charge is -2.02. The van der Waals surface area contributed by atoms with Crippen molar-refractivity contribution in [2.24, 2.45) is 0 Å². The van der Waals surface area contributed by atoms with E-state index in [1.54, 1.807) is 18.0 Å². The molecule has 0 bridgehead atoms. The molecule has 0 aliphatic rings. The van der Waals surface area contributed by atoms with Gasteiger partial charge in [0.2, 0.25) is 0 Å². The van der Waals surface area contributed by atoms with Crippen LogP contribution in [-0.4, -0.2) is 4.98 Å². The predicted octanol–water partition coefficient (Wildman–Crippen LogP) is 3.43. The van der Waals surface area contributed by atoms with Gasteiger partial charge in [-0.05, 0) is 24.0 Å². The molecule has 70 valence electrons. The zero-order chi connectivity index (χ0) is 8.97. The Morgan fingerprint density at radius 2 is 2.08 bits per heavy atom. The first-order valence-electron chi connectivity index (χ1n) is 3.64. The largest absolute Gasteiger partial charge is 0.256 e. The fraction of sp³-hybridized carbons (Fsp3) is 0.100. The van der Waals surface area contributed by atoms with E-state index in [2.05, 4.69) is 18.1 Å². The summed E-state index contributed by atoms with van der Waals surface area (Å²) in [5.41, 5.74) is 0.922. The average molecular weight is 211 g/mol. The van der Waals surface area contributed by atoms with Gasteiger partial charge in [0.25, 0.3) is 0 Å². The molecule has 1 aromatic heterocycles. The molecule has 0 fully saturated rings. The molecule has 0 saturated carbocycles. The first-order chi connectivity index (χ1) is 5.70. The molecule has 0 spiro atoms. The monoisotopic (exact) mass is 211 g/mol. The van der Waals surface area contributed by atoms with Gasteiger partial charge in [0.05, 0.1) is 5.69 Å². The van der Waals surface area contributed by atoms with Crippen molar-refractivity contribution in [3.8, 4) is 0 Å². The van der Waals surface area contributed by atoms with Crippen molar-refractivity contribution in [3.05, 3.63) is 48.2 Å². The van der Waals surface area contributed by atoms with Crippen molar-refractivity contribution in [1.82, 2.24) is 4.98 Å². The van der Waals surface area contributed by atoms with Crippen LogP contribution in [0.4, 0.5) is 0 Å². The van der Waals surface area contributed by atoms with Crippen LogP contribution in [0.25, 0.3) is 4.91 Å². The van der Waals surface area contributed by atoms with Crippen LogP contribution in [0.15, 0.2) is 42.5 Å². The number of pyridine rings is 1. The van der Waals surface area contributed by atoms with Crippen LogP contribution in [0, 0.1) is 0 Å². The zero-order valence-corrected chi connectivity index (χ0v) is 9.40. The summed E-state index contributed by atoms with van der Waals surface area (Å²) in [7, 11) is 0. The predicted molar refractivity (Wildman–Crippen MR) is 66.1 cm³/mol. The summed E-state index contributed by atoms with van der Waals surface area (Å²) in [6, 6.07) is 5.78. The molecular formula is C10H13NS2. The number of allylic oxidation sites excluding steroid dienone is 1. The van der Waals surface area contributed by atoms with Gasteiger partial charge in [0.1, 0.15) is 0 Å². The van der Waals surface area contributed by atoms with Crippen LogP contribution in [0.1, 0.15) is 12.6 Å². The fourth-order valence-corrected chi connectivity index (χ4v) is 1.44. The Morgan fingerprint density at radius 3 is 2.54 bits per heavy atom. The fourth-order valence-electron chi connectivity index (χ4n) is 0.790. The van der Waals surface area contributed by atoms with Crippen molar-refractivity contribution < 1.29 is 0 Å². The minimum absolute atomic E-state index is 0. The Morgan fingerprint density at radius 1 is 1.38 bits per heavy atom. The Kier molecular flexibility index (Phi) is 5.58. The van der Waals surface area contributed by atoms with Crippen molar-refractivity contribution in [2.45, 2.75) is 6.92 Å². The highest BCUT2D eigenvalue weighted by Crippen LogP contribution is 2.28. The second-order valence-corrected chi connectivity index (χ2v) is 3.84. The minimum Gasteiger partial charge on any atom is -0.256 e. The summed E-state index contributed by atoms with van der Waals surface area (Å²) in [4.78, 5) is 6.15. The molecule has 1 aromatic rings. The van der Waals surface area contributed by atoms with Gasteiger partial charge in [-0.1, -0.05) is 31.0 Å². The lowest BCUT2D eigenvalue weighted by Crippen LogP contribution is -1.82.